The van der Waals surface area contributed by atoms with E-state index in [-0.39, 0.29) is 29.5 Å². The molecule has 1 N–H and O–H groups in total. The van der Waals surface area contributed by atoms with Gasteiger partial charge in [0.25, 0.3) is 0 Å². The maximum Gasteiger partial charge on any atom is 0.453 e. The zero-order valence-electron chi connectivity index (χ0n) is 24.3. The molecule has 0 aromatic heterocycles. The fourth-order valence-electron chi connectivity index (χ4n) is 5.55. The van der Waals surface area contributed by atoms with E-state index in [1.54, 1.807) is 24.3 Å². The number of hydrogen-bond donors (Lipinski definition) is 1. The van der Waals surface area contributed by atoms with Gasteiger partial charge in [0.1, 0.15) is 11.5 Å². The van der Waals surface area contributed by atoms with Gasteiger partial charge >= 0.3 is 18.1 Å². The highest BCUT2D eigenvalue weighted by Crippen LogP contribution is 2.49. The Morgan fingerprint density at radius 2 is 1.57 bits per heavy atom. The third kappa shape index (κ3) is 9.01. The zero-order chi connectivity index (χ0) is 30.8. The monoisotopic (exact) mass is 616 g/mol. The largest absolute Gasteiger partial charge is 0.508 e. The Labute approximate surface area is 249 Å². The molecule has 0 saturated carbocycles. The van der Waals surface area contributed by atoms with Gasteiger partial charge in [0.15, 0.2) is 0 Å². The van der Waals surface area contributed by atoms with Crippen LogP contribution in [0, 0.1) is 0 Å². The first-order valence-electron chi connectivity index (χ1n) is 14.6. The van der Waals surface area contributed by atoms with Gasteiger partial charge in [-0.2, -0.15) is 33.7 Å². The number of benzene rings is 2. The Morgan fingerprint density at radius 3 is 2.21 bits per heavy atom. The Kier molecular flexibility index (Phi) is 12.4. The number of fused-ring (bicyclic) bond motifs is 1. The van der Waals surface area contributed by atoms with Crippen molar-refractivity contribution in [3.05, 3.63) is 59.2 Å². The molecule has 234 valence electrons. The van der Waals surface area contributed by atoms with Gasteiger partial charge in [0.2, 0.25) is 0 Å². The summed E-state index contributed by atoms with van der Waals surface area (Å²) in [5.74, 6) is -2.85. The average Bonchev–Trinajstić information content (AvgIpc) is 2.95. The van der Waals surface area contributed by atoms with E-state index in [9.17, 15) is 31.9 Å². The smallest absolute Gasteiger partial charge is 0.453 e. The van der Waals surface area contributed by atoms with E-state index in [0.29, 0.717) is 23.7 Å². The van der Waals surface area contributed by atoms with Crippen LogP contribution in [0.15, 0.2) is 42.5 Å². The third-order valence-corrected chi connectivity index (χ3v) is 9.26. The Balaban J connectivity index is 1.41. The molecular formula is C32H41F5O4S. The number of alkyl halides is 5. The molecule has 0 saturated heterocycles. The number of carbonyl (C=O) groups is 1. The third-order valence-electron chi connectivity index (χ3n) is 8.11. The summed E-state index contributed by atoms with van der Waals surface area (Å²) in [6.07, 6.45) is 1.49. The number of phenolic OH excluding ortho intramolecular Hbond substituents is 1. The normalized spacial score (nSPS) is 18.8. The SMILES string of the molecule is COC(=O)c1ccc([C@@]2(C)COc3cc(O)ccc3[C@H]2CCCCCCCCCSCCCC(F)(F)C(F)(F)F)cc1. The van der Waals surface area contributed by atoms with Crippen LogP contribution in [0.25, 0.3) is 0 Å². The van der Waals surface area contributed by atoms with E-state index in [0.717, 1.165) is 68.2 Å². The Morgan fingerprint density at radius 1 is 0.952 bits per heavy atom. The van der Waals surface area contributed by atoms with E-state index in [2.05, 4.69) is 6.92 Å². The van der Waals surface area contributed by atoms with Gasteiger partial charge in [-0.15, -0.1) is 0 Å². The van der Waals surface area contributed by atoms with Crippen molar-refractivity contribution in [3.8, 4) is 11.5 Å². The van der Waals surface area contributed by atoms with Crippen molar-refractivity contribution in [1.29, 1.82) is 0 Å². The number of thioether (sulfide) groups is 1. The molecule has 0 spiro atoms. The predicted molar refractivity (Wildman–Crippen MR) is 156 cm³/mol. The van der Waals surface area contributed by atoms with Crippen LogP contribution in [0.1, 0.15) is 98.5 Å². The lowest BCUT2D eigenvalue weighted by molar-refractivity contribution is -0.284. The molecular weight excluding hydrogens is 575 g/mol. The highest BCUT2D eigenvalue weighted by molar-refractivity contribution is 7.99. The van der Waals surface area contributed by atoms with Crippen molar-refractivity contribution in [1.82, 2.24) is 0 Å². The summed E-state index contributed by atoms with van der Waals surface area (Å²) in [5.41, 5.74) is 2.32. The molecule has 0 aliphatic carbocycles. The minimum Gasteiger partial charge on any atom is -0.508 e. The summed E-state index contributed by atoms with van der Waals surface area (Å²) in [5, 5.41) is 9.98. The quantitative estimate of drug-likeness (QED) is 0.116. The molecule has 2 aromatic carbocycles. The van der Waals surface area contributed by atoms with Gasteiger partial charge in [-0.05, 0) is 60.1 Å². The zero-order valence-corrected chi connectivity index (χ0v) is 25.1. The van der Waals surface area contributed by atoms with Gasteiger partial charge in [0, 0.05) is 23.8 Å². The lowest BCUT2D eigenvalue weighted by Gasteiger charge is -2.43. The molecule has 0 radical (unpaired) electrons. The minimum absolute atomic E-state index is 0.145. The molecule has 1 aliphatic rings. The summed E-state index contributed by atoms with van der Waals surface area (Å²) < 4.78 is 73.4. The second-order valence-corrected chi connectivity index (χ2v) is 12.5. The maximum atomic E-state index is 12.9. The molecule has 0 amide bonds. The van der Waals surface area contributed by atoms with Crippen LogP contribution in [0.5, 0.6) is 11.5 Å². The number of unbranched alkanes of at least 4 members (excludes halogenated alkanes) is 6. The fraction of sp³-hybridized carbons (Fsp3) is 0.594. The van der Waals surface area contributed by atoms with Crippen molar-refractivity contribution >= 4 is 17.7 Å². The lowest BCUT2D eigenvalue weighted by Crippen LogP contribution is -2.40. The van der Waals surface area contributed by atoms with E-state index < -0.39 is 18.5 Å². The highest BCUT2D eigenvalue weighted by Gasteiger charge is 2.56. The van der Waals surface area contributed by atoms with Crippen molar-refractivity contribution in [2.24, 2.45) is 0 Å². The molecule has 4 nitrogen and oxygen atoms in total. The minimum atomic E-state index is -5.46. The Hall–Kier alpha value is -2.49. The number of methoxy groups -OCH3 is 1. The van der Waals surface area contributed by atoms with Gasteiger partial charge in [-0.3, -0.25) is 0 Å². The van der Waals surface area contributed by atoms with Crippen molar-refractivity contribution in [2.45, 2.75) is 94.6 Å². The molecule has 2 atom stereocenters. The lowest BCUT2D eigenvalue weighted by atomic mass is 9.66. The van der Waals surface area contributed by atoms with Crippen molar-refractivity contribution < 1.29 is 41.3 Å². The van der Waals surface area contributed by atoms with Crippen LogP contribution in [-0.2, 0) is 10.2 Å². The van der Waals surface area contributed by atoms with E-state index in [4.69, 9.17) is 9.47 Å². The molecule has 0 bridgehead atoms. The highest BCUT2D eigenvalue weighted by atomic mass is 32.2. The van der Waals surface area contributed by atoms with Crippen LogP contribution in [0.2, 0.25) is 0 Å². The number of hydrogen-bond acceptors (Lipinski definition) is 5. The number of ether oxygens (including phenoxy) is 2. The summed E-state index contributed by atoms with van der Waals surface area (Å²) in [6.45, 7) is 2.63. The van der Waals surface area contributed by atoms with Crippen LogP contribution in [0.4, 0.5) is 22.0 Å². The second kappa shape index (κ2) is 15.3. The number of rotatable bonds is 16. The molecule has 2 aromatic rings. The van der Waals surface area contributed by atoms with Gasteiger partial charge in [-0.1, -0.05) is 63.6 Å². The molecule has 1 heterocycles. The van der Waals surface area contributed by atoms with Gasteiger partial charge in [0.05, 0.1) is 19.3 Å². The topological polar surface area (TPSA) is 55.8 Å². The summed E-state index contributed by atoms with van der Waals surface area (Å²) in [4.78, 5) is 11.9. The second-order valence-electron chi connectivity index (χ2n) is 11.2. The van der Waals surface area contributed by atoms with Crippen molar-refractivity contribution in [2.75, 3.05) is 25.2 Å². The first-order valence-corrected chi connectivity index (χ1v) is 15.7. The van der Waals surface area contributed by atoms with Gasteiger partial charge < -0.3 is 14.6 Å². The first-order chi connectivity index (χ1) is 19.9. The summed E-state index contributed by atoms with van der Waals surface area (Å²) in [7, 11) is 1.36. The molecule has 3 rings (SSSR count). The maximum absolute atomic E-state index is 12.9. The summed E-state index contributed by atoms with van der Waals surface area (Å²) >= 11 is 1.44. The molecule has 1 aliphatic heterocycles. The number of phenols is 1. The first kappa shape index (κ1) is 34.0. The van der Waals surface area contributed by atoms with Gasteiger partial charge in [-0.25, -0.2) is 4.79 Å². The predicted octanol–water partition coefficient (Wildman–Crippen LogP) is 9.44. The molecule has 0 unspecified atom stereocenters. The standard InChI is InChI=1S/C32H41F5O4S/c1-30(24-14-12-23(13-15-24)29(39)40-2)22-41-28-21-25(38)16-17-26(28)27(30)11-8-6-4-3-5-7-9-19-42-20-10-18-31(33,34)32(35,36)37/h12-17,21,27,38H,3-11,18-20,22H2,1-2H3/t27-,30-/m1/s1. The molecule has 42 heavy (non-hydrogen) atoms. The van der Waals surface area contributed by atoms with Crippen LogP contribution in [0.3, 0.4) is 0 Å². The van der Waals surface area contributed by atoms with Crippen molar-refractivity contribution in [3.63, 3.8) is 0 Å². The fourth-order valence-corrected chi connectivity index (χ4v) is 6.51. The number of esters is 1. The average molecular weight is 617 g/mol. The number of carbonyl (C=O) groups excluding carboxylic acids is 1. The van der Waals surface area contributed by atoms with Crippen LogP contribution >= 0.6 is 11.8 Å². The number of halogens is 5. The van der Waals surface area contributed by atoms with Crippen LogP contribution in [-0.4, -0.2) is 48.4 Å². The Bertz CT molecular complexity index is 1140. The van der Waals surface area contributed by atoms with E-state index in [1.165, 1.54) is 18.9 Å². The van der Waals surface area contributed by atoms with E-state index in [1.807, 2.05) is 18.2 Å². The molecule has 0 fully saturated rings. The van der Waals surface area contributed by atoms with Crippen LogP contribution < -0.4 is 4.74 Å². The summed E-state index contributed by atoms with van der Waals surface area (Å²) in [6, 6.07) is 12.8. The molecule has 10 heteroatoms. The van der Waals surface area contributed by atoms with E-state index >= 15 is 0 Å². The number of aromatic hydroxyl groups is 1.